The summed E-state index contributed by atoms with van der Waals surface area (Å²) in [6, 6.07) is 30.5. The number of para-hydroxylation sites is 1. The van der Waals surface area contributed by atoms with E-state index < -0.39 is 0 Å². The van der Waals surface area contributed by atoms with E-state index in [1.54, 1.807) is 0 Å². The van der Waals surface area contributed by atoms with Gasteiger partial charge >= 0.3 is 0 Å². The Labute approximate surface area is 181 Å². The van der Waals surface area contributed by atoms with Gasteiger partial charge in [-0.2, -0.15) is 0 Å². The Morgan fingerprint density at radius 2 is 1.40 bits per heavy atom. The molecule has 3 nitrogen and oxygen atoms in total. The van der Waals surface area contributed by atoms with Crippen LogP contribution in [-0.2, 0) is 17.9 Å². The Morgan fingerprint density at radius 3 is 2.03 bits per heavy atom. The molecule has 0 N–H and O–H groups in total. The van der Waals surface area contributed by atoms with Crippen LogP contribution in [0.5, 0.6) is 0 Å². The van der Waals surface area contributed by atoms with Gasteiger partial charge in [-0.05, 0) is 35.7 Å². The second-order valence-electron chi connectivity index (χ2n) is 7.30. The quantitative estimate of drug-likeness (QED) is 0.356. The van der Waals surface area contributed by atoms with Gasteiger partial charge in [0, 0.05) is 18.5 Å². The van der Waals surface area contributed by atoms with E-state index in [4.69, 9.17) is 4.98 Å². The highest BCUT2D eigenvalue weighted by Gasteiger charge is 2.16. The SMILES string of the molecule is Cc1cc(SCC(=O)N(Cc2ccccc2)Cc2ccccc2)nc2ccccc12. The fourth-order valence-corrected chi connectivity index (χ4v) is 4.34. The summed E-state index contributed by atoms with van der Waals surface area (Å²) in [7, 11) is 0. The molecule has 0 unspecified atom stereocenters. The number of hydrogen-bond donors (Lipinski definition) is 0. The van der Waals surface area contributed by atoms with Crippen LogP contribution in [0.25, 0.3) is 10.9 Å². The lowest BCUT2D eigenvalue weighted by molar-refractivity contribution is -0.129. The molecule has 0 atom stereocenters. The van der Waals surface area contributed by atoms with Gasteiger partial charge in [0.1, 0.15) is 0 Å². The summed E-state index contributed by atoms with van der Waals surface area (Å²) in [5, 5.41) is 2.04. The molecule has 0 aliphatic carbocycles. The van der Waals surface area contributed by atoms with Crippen LogP contribution in [0.4, 0.5) is 0 Å². The molecule has 0 radical (unpaired) electrons. The van der Waals surface area contributed by atoms with Gasteiger partial charge < -0.3 is 4.90 Å². The lowest BCUT2D eigenvalue weighted by Crippen LogP contribution is -2.31. The Bertz CT molecular complexity index is 1090. The van der Waals surface area contributed by atoms with Crippen molar-refractivity contribution in [2.75, 3.05) is 5.75 Å². The number of rotatable bonds is 7. The second kappa shape index (κ2) is 9.59. The molecule has 3 aromatic carbocycles. The number of amides is 1. The molecular formula is C26H24N2OS. The Kier molecular flexibility index (Phi) is 6.45. The zero-order valence-corrected chi connectivity index (χ0v) is 17.8. The smallest absolute Gasteiger partial charge is 0.233 e. The molecule has 1 amide bonds. The van der Waals surface area contributed by atoms with E-state index in [1.165, 1.54) is 17.3 Å². The lowest BCUT2D eigenvalue weighted by atomic mass is 10.1. The van der Waals surface area contributed by atoms with Gasteiger partial charge in [-0.25, -0.2) is 4.98 Å². The summed E-state index contributed by atoms with van der Waals surface area (Å²) in [5.74, 6) is 0.477. The highest BCUT2D eigenvalue weighted by Crippen LogP contribution is 2.24. The van der Waals surface area contributed by atoms with Crippen molar-refractivity contribution in [3.05, 3.63) is 108 Å². The summed E-state index contributed by atoms with van der Waals surface area (Å²) in [6.45, 7) is 3.28. The number of carbonyl (C=O) groups excluding carboxylic acids is 1. The molecule has 4 aromatic rings. The molecule has 0 bridgehead atoms. The third-order valence-corrected chi connectivity index (χ3v) is 5.92. The number of fused-ring (bicyclic) bond motifs is 1. The van der Waals surface area contributed by atoms with Crippen molar-refractivity contribution in [1.29, 1.82) is 0 Å². The van der Waals surface area contributed by atoms with Crippen LogP contribution in [0.2, 0.25) is 0 Å². The van der Waals surface area contributed by atoms with Crippen molar-refractivity contribution in [3.8, 4) is 0 Å². The van der Waals surface area contributed by atoms with Crippen molar-refractivity contribution in [2.45, 2.75) is 25.0 Å². The Hall–Kier alpha value is -3.11. The number of aryl methyl sites for hydroxylation is 1. The van der Waals surface area contributed by atoms with Crippen LogP contribution in [0.1, 0.15) is 16.7 Å². The maximum atomic E-state index is 13.2. The first-order valence-corrected chi connectivity index (χ1v) is 11.0. The van der Waals surface area contributed by atoms with Gasteiger partial charge in [-0.3, -0.25) is 4.79 Å². The monoisotopic (exact) mass is 412 g/mol. The van der Waals surface area contributed by atoms with Crippen LogP contribution in [0.15, 0.2) is 96.0 Å². The summed E-state index contributed by atoms with van der Waals surface area (Å²) < 4.78 is 0. The Balaban J connectivity index is 1.49. The van der Waals surface area contributed by atoms with Gasteiger partial charge in [0.25, 0.3) is 0 Å². The predicted molar refractivity (Wildman–Crippen MR) is 124 cm³/mol. The molecular weight excluding hydrogens is 388 g/mol. The van der Waals surface area contributed by atoms with Gasteiger partial charge in [-0.1, -0.05) is 90.6 Å². The van der Waals surface area contributed by atoms with Crippen LogP contribution >= 0.6 is 11.8 Å². The number of nitrogens with zero attached hydrogens (tertiary/aromatic N) is 2. The van der Waals surface area contributed by atoms with Crippen molar-refractivity contribution in [3.63, 3.8) is 0 Å². The highest BCUT2D eigenvalue weighted by atomic mass is 32.2. The predicted octanol–water partition coefficient (Wildman–Crippen LogP) is 5.86. The zero-order chi connectivity index (χ0) is 20.8. The first-order valence-electron chi connectivity index (χ1n) is 10.0. The van der Waals surface area contributed by atoms with Crippen molar-refractivity contribution >= 4 is 28.6 Å². The molecule has 4 rings (SSSR count). The summed E-state index contributed by atoms with van der Waals surface area (Å²) in [5.41, 5.74) is 4.41. The molecule has 0 aliphatic rings. The molecule has 0 fully saturated rings. The fraction of sp³-hybridized carbons (Fsp3) is 0.154. The minimum Gasteiger partial charge on any atom is -0.333 e. The van der Waals surface area contributed by atoms with Crippen LogP contribution < -0.4 is 0 Å². The van der Waals surface area contributed by atoms with Gasteiger partial charge in [0.2, 0.25) is 5.91 Å². The Morgan fingerprint density at radius 1 is 0.833 bits per heavy atom. The standard InChI is InChI=1S/C26H24N2OS/c1-20-16-25(27-24-15-9-8-14-23(20)24)30-19-26(29)28(17-21-10-4-2-5-11-21)18-22-12-6-3-7-13-22/h2-16H,17-19H2,1H3. The van der Waals surface area contributed by atoms with Crippen molar-refractivity contribution in [1.82, 2.24) is 9.88 Å². The van der Waals surface area contributed by atoms with E-state index in [1.807, 2.05) is 59.5 Å². The molecule has 0 saturated heterocycles. The zero-order valence-electron chi connectivity index (χ0n) is 17.0. The van der Waals surface area contributed by atoms with Gasteiger partial charge in [0.05, 0.1) is 16.3 Å². The molecule has 30 heavy (non-hydrogen) atoms. The van der Waals surface area contributed by atoms with E-state index in [9.17, 15) is 4.79 Å². The van der Waals surface area contributed by atoms with E-state index in [2.05, 4.69) is 43.3 Å². The van der Waals surface area contributed by atoms with Crippen LogP contribution in [0.3, 0.4) is 0 Å². The summed E-state index contributed by atoms with van der Waals surface area (Å²) >= 11 is 1.50. The van der Waals surface area contributed by atoms with Crippen molar-refractivity contribution < 1.29 is 4.79 Å². The topological polar surface area (TPSA) is 33.2 Å². The van der Waals surface area contributed by atoms with Crippen molar-refractivity contribution in [2.24, 2.45) is 0 Å². The fourth-order valence-electron chi connectivity index (χ4n) is 3.46. The third-order valence-electron chi connectivity index (χ3n) is 5.03. The second-order valence-corrected chi connectivity index (χ2v) is 8.30. The number of pyridine rings is 1. The largest absolute Gasteiger partial charge is 0.333 e. The maximum absolute atomic E-state index is 13.2. The first kappa shape index (κ1) is 20.2. The average Bonchev–Trinajstić information content (AvgIpc) is 2.78. The lowest BCUT2D eigenvalue weighted by Gasteiger charge is -2.23. The van der Waals surface area contributed by atoms with Crippen LogP contribution in [0, 0.1) is 6.92 Å². The molecule has 1 aromatic heterocycles. The van der Waals surface area contributed by atoms with Gasteiger partial charge in [0.15, 0.2) is 0 Å². The number of thioether (sulfide) groups is 1. The van der Waals surface area contributed by atoms with E-state index in [0.717, 1.165) is 27.1 Å². The molecule has 4 heteroatoms. The minimum atomic E-state index is 0.111. The van der Waals surface area contributed by atoms with Gasteiger partial charge in [-0.15, -0.1) is 0 Å². The third kappa shape index (κ3) is 5.08. The molecule has 0 spiro atoms. The number of hydrogen-bond acceptors (Lipinski definition) is 3. The molecule has 1 heterocycles. The maximum Gasteiger partial charge on any atom is 0.233 e. The van der Waals surface area contributed by atoms with Crippen LogP contribution in [-0.4, -0.2) is 21.5 Å². The first-order chi connectivity index (χ1) is 14.7. The summed E-state index contributed by atoms with van der Waals surface area (Å²) in [6.07, 6.45) is 0. The minimum absolute atomic E-state index is 0.111. The highest BCUT2D eigenvalue weighted by molar-refractivity contribution is 7.99. The molecule has 0 saturated carbocycles. The average molecular weight is 413 g/mol. The number of carbonyl (C=O) groups is 1. The van der Waals surface area contributed by atoms with E-state index in [0.29, 0.717) is 18.8 Å². The summed E-state index contributed by atoms with van der Waals surface area (Å²) in [4.78, 5) is 19.8. The number of aromatic nitrogens is 1. The van der Waals surface area contributed by atoms with E-state index >= 15 is 0 Å². The molecule has 150 valence electrons. The van der Waals surface area contributed by atoms with E-state index in [-0.39, 0.29) is 5.91 Å². The normalized spacial score (nSPS) is 10.8. The molecule has 0 aliphatic heterocycles. The number of benzene rings is 3.